The predicted molar refractivity (Wildman–Crippen MR) is 87.1 cm³/mol. The average molecular weight is 325 g/mol. The Hall–Kier alpha value is -1.93. The summed E-state index contributed by atoms with van der Waals surface area (Å²) in [4.78, 5) is 12.1. The molecule has 2 heteroatoms. The van der Waals surface area contributed by atoms with Gasteiger partial charge in [-0.05, 0) is 41.0 Å². The number of rotatable bonds is 2. The molecule has 98 valence electrons. The van der Waals surface area contributed by atoms with Crippen molar-refractivity contribution in [2.75, 3.05) is 0 Å². The highest BCUT2D eigenvalue weighted by Gasteiger charge is 2.13. The van der Waals surface area contributed by atoms with Crippen molar-refractivity contribution in [2.45, 2.75) is 6.92 Å². The fraction of sp³-hybridized carbons (Fsp3) is 0.0556. The lowest BCUT2D eigenvalue weighted by molar-refractivity contribution is 0.102. The van der Waals surface area contributed by atoms with Crippen molar-refractivity contribution >= 4 is 32.5 Å². The molecule has 0 amide bonds. The quantitative estimate of drug-likeness (QED) is 0.571. The van der Waals surface area contributed by atoms with Gasteiger partial charge in [0.05, 0.1) is 0 Å². The van der Waals surface area contributed by atoms with E-state index in [0.29, 0.717) is 0 Å². The summed E-state index contributed by atoms with van der Waals surface area (Å²) in [5.74, 6) is 0.0970. The molecule has 0 aliphatic heterocycles. The van der Waals surface area contributed by atoms with Crippen LogP contribution in [0.25, 0.3) is 21.9 Å². The first kappa shape index (κ1) is 13.1. The van der Waals surface area contributed by atoms with Crippen LogP contribution in [0.5, 0.6) is 0 Å². The van der Waals surface area contributed by atoms with E-state index in [-0.39, 0.29) is 5.78 Å². The van der Waals surface area contributed by atoms with Gasteiger partial charge in [0.1, 0.15) is 0 Å². The number of ketones is 1. The van der Waals surface area contributed by atoms with Crippen LogP contribution in [0.1, 0.15) is 17.3 Å². The maximum atomic E-state index is 12.1. The van der Waals surface area contributed by atoms with Crippen molar-refractivity contribution in [1.82, 2.24) is 0 Å². The van der Waals surface area contributed by atoms with Crippen molar-refractivity contribution in [2.24, 2.45) is 0 Å². The van der Waals surface area contributed by atoms with Gasteiger partial charge in [0.2, 0.25) is 0 Å². The summed E-state index contributed by atoms with van der Waals surface area (Å²) in [6.07, 6.45) is 0. The van der Waals surface area contributed by atoms with E-state index in [0.717, 1.165) is 31.9 Å². The molecule has 0 aromatic heterocycles. The SMILES string of the molecule is CC(=O)c1c(-c2ccc(Br)cc2)ccc2ccccc12. The molecule has 0 radical (unpaired) electrons. The Bertz CT molecular complexity index is 788. The van der Waals surface area contributed by atoms with Crippen LogP contribution in [0, 0.1) is 0 Å². The van der Waals surface area contributed by atoms with Gasteiger partial charge in [-0.3, -0.25) is 4.79 Å². The summed E-state index contributed by atoms with van der Waals surface area (Å²) in [7, 11) is 0. The zero-order chi connectivity index (χ0) is 14.1. The van der Waals surface area contributed by atoms with Crippen LogP contribution in [0.3, 0.4) is 0 Å². The molecule has 0 N–H and O–H groups in total. The Labute approximate surface area is 126 Å². The number of hydrogen-bond donors (Lipinski definition) is 0. The van der Waals surface area contributed by atoms with E-state index in [1.165, 1.54) is 0 Å². The minimum atomic E-state index is 0.0970. The van der Waals surface area contributed by atoms with Crippen molar-refractivity contribution < 1.29 is 4.79 Å². The fourth-order valence-electron chi connectivity index (χ4n) is 2.52. The normalized spacial score (nSPS) is 10.7. The minimum Gasteiger partial charge on any atom is -0.294 e. The molecule has 0 aliphatic rings. The Morgan fingerprint density at radius 2 is 1.60 bits per heavy atom. The Morgan fingerprint density at radius 3 is 2.30 bits per heavy atom. The molecule has 20 heavy (non-hydrogen) atoms. The maximum Gasteiger partial charge on any atom is 0.161 e. The molecule has 0 saturated heterocycles. The summed E-state index contributed by atoms with van der Waals surface area (Å²) in [5.41, 5.74) is 2.85. The van der Waals surface area contributed by atoms with E-state index in [9.17, 15) is 4.79 Å². The molecule has 3 aromatic rings. The second kappa shape index (κ2) is 5.22. The molecule has 3 rings (SSSR count). The highest BCUT2D eigenvalue weighted by Crippen LogP contribution is 2.31. The summed E-state index contributed by atoms with van der Waals surface area (Å²) in [6.45, 7) is 1.63. The molecular weight excluding hydrogens is 312 g/mol. The molecule has 3 aromatic carbocycles. The molecule has 0 bridgehead atoms. The first-order valence-electron chi connectivity index (χ1n) is 6.45. The Morgan fingerprint density at radius 1 is 0.900 bits per heavy atom. The highest BCUT2D eigenvalue weighted by atomic mass is 79.9. The van der Waals surface area contributed by atoms with Crippen LogP contribution in [0.15, 0.2) is 65.1 Å². The number of Topliss-reactive ketones (excluding diaryl/α,β-unsaturated/α-hetero) is 1. The second-order valence-electron chi connectivity index (χ2n) is 4.77. The number of fused-ring (bicyclic) bond motifs is 1. The monoisotopic (exact) mass is 324 g/mol. The lowest BCUT2D eigenvalue weighted by atomic mass is 9.92. The van der Waals surface area contributed by atoms with E-state index in [1.54, 1.807) is 6.92 Å². The highest BCUT2D eigenvalue weighted by molar-refractivity contribution is 9.10. The maximum absolute atomic E-state index is 12.1. The molecule has 0 saturated carbocycles. The minimum absolute atomic E-state index is 0.0970. The van der Waals surface area contributed by atoms with Gasteiger partial charge in [0.15, 0.2) is 5.78 Å². The summed E-state index contributed by atoms with van der Waals surface area (Å²) >= 11 is 3.44. The van der Waals surface area contributed by atoms with E-state index >= 15 is 0 Å². The second-order valence-corrected chi connectivity index (χ2v) is 5.69. The standard InChI is InChI=1S/C18H13BrO/c1-12(20)18-16-5-3-2-4-13(16)8-11-17(18)14-6-9-15(19)10-7-14/h2-11H,1H3. The van der Waals surface area contributed by atoms with Gasteiger partial charge < -0.3 is 0 Å². The lowest BCUT2D eigenvalue weighted by Crippen LogP contribution is -1.98. The van der Waals surface area contributed by atoms with Crippen LogP contribution >= 0.6 is 15.9 Å². The van der Waals surface area contributed by atoms with Gasteiger partial charge in [-0.25, -0.2) is 0 Å². The van der Waals surface area contributed by atoms with Crippen LogP contribution in [-0.4, -0.2) is 5.78 Å². The van der Waals surface area contributed by atoms with Crippen LogP contribution < -0.4 is 0 Å². The number of carbonyl (C=O) groups is 1. The van der Waals surface area contributed by atoms with E-state index < -0.39 is 0 Å². The molecule has 0 aliphatic carbocycles. The molecule has 0 heterocycles. The van der Waals surface area contributed by atoms with Gasteiger partial charge in [-0.2, -0.15) is 0 Å². The third-order valence-corrected chi connectivity index (χ3v) is 3.96. The first-order chi connectivity index (χ1) is 9.66. The van der Waals surface area contributed by atoms with E-state index in [4.69, 9.17) is 0 Å². The van der Waals surface area contributed by atoms with E-state index in [2.05, 4.69) is 22.0 Å². The zero-order valence-electron chi connectivity index (χ0n) is 11.1. The van der Waals surface area contributed by atoms with Crippen molar-refractivity contribution in [1.29, 1.82) is 0 Å². The van der Waals surface area contributed by atoms with E-state index in [1.807, 2.05) is 54.6 Å². The van der Waals surface area contributed by atoms with Crippen molar-refractivity contribution in [3.05, 3.63) is 70.7 Å². The lowest BCUT2D eigenvalue weighted by Gasteiger charge is -2.11. The third-order valence-electron chi connectivity index (χ3n) is 3.44. The summed E-state index contributed by atoms with van der Waals surface area (Å²) < 4.78 is 1.03. The van der Waals surface area contributed by atoms with Crippen LogP contribution in [-0.2, 0) is 0 Å². The molecular formula is C18H13BrO. The zero-order valence-corrected chi connectivity index (χ0v) is 12.6. The van der Waals surface area contributed by atoms with Gasteiger partial charge in [0.25, 0.3) is 0 Å². The number of halogens is 1. The van der Waals surface area contributed by atoms with Crippen LogP contribution in [0.2, 0.25) is 0 Å². The van der Waals surface area contributed by atoms with Gasteiger partial charge in [-0.1, -0.05) is 64.5 Å². The molecule has 0 atom stereocenters. The van der Waals surface area contributed by atoms with Gasteiger partial charge >= 0.3 is 0 Å². The first-order valence-corrected chi connectivity index (χ1v) is 7.25. The van der Waals surface area contributed by atoms with Gasteiger partial charge in [0, 0.05) is 10.0 Å². The van der Waals surface area contributed by atoms with Crippen molar-refractivity contribution in [3.8, 4) is 11.1 Å². The number of hydrogen-bond acceptors (Lipinski definition) is 1. The predicted octanol–water partition coefficient (Wildman–Crippen LogP) is 5.47. The molecule has 1 nitrogen and oxygen atoms in total. The Kier molecular flexibility index (Phi) is 3.41. The molecule has 0 spiro atoms. The largest absolute Gasteiger partial charge is 0.294 e. The van der Waals surface area contributed by atoms with Crippen molar-refractivity contribution in [3.63, 3.8) is 0 Å². The summed E-state index contributed by atoms with van der Waals surface area (Å²) in [5, 5.41) is 2.11. The summed E-state index contributed by atoms with van der Waals surface area (Å²) in [6, 6.07) is 20.2. The third kappa shape index (κ3) is 2.27. The van der Waals surface area contributed by atoms with Crippen LogP contribution in [0.4, 0.5) is 0 Å². The number of benzene rings is 3. The molecule has 0 fully saturated rings. The van der Waals surface area contributed by atoms with Gasteiger partial charge in [-0.15, -0.1) is 0 Å². The average Bonchev–Trinajstić information content (AvgIpc) is 2.46. The number of carbonyl (C=O) groups excluding carboxylic acids is 1. The topological polar surface area (TPSA) is 17.1 Å². The Balaban J connectivity index is 2.33. The smallest absolute Gasteiger partial charge is 0.161 e. The molecule has 0 unspecified atom stereocenters. The fourth-order valence-corrected chi connectivity index (χ4v) is 2.79.